The maximum atomic E-state index is 12.8. The SMILES string of the molecule is O=C(Nc1c[nH]c2ncc(-c3cnn(-c4ccc(C(F)(F)F)cc4)c3)cc12)C1CCC1. The van der Waals surface area contributed by atoms with Crippen LogP contribution in [-0.2, 0) is 11.0 Å². The number of pyridine rings is 1. The van der Waals surface area contributed by atoms with Gasteiger partial charge in [-0.15, -0.1) is 0 Å². The molecular weight excluding hydrogens is 407 g/mol. The Hall–Kier alpha value is -3.62. The fourth-order valence-corrected chi connectivity index (χ4v) is 3.59. The molecule has 1 amide bonds. The Morgan fingerprint density at radius 2 is 1.90 bits per heavy atom. The molecule has 3 heterocycles. The molecular formula is C22H18F3N5O. The molecule has 1 saturated carbocycles. The molecule has 1 aromatic carbocycles. The van der Waals surface area contributed by atoms with E-state index in [9.17, 15) is 18.0 Å². The van der Waals surface area contributed by atoms with E-state index in [4.69, 9.17) is 0 Å². The predicted octanol–water partition coefficient (Wildman–Crippen LogP) is 5.17. The van der Waals surface area contributed by atoms with Crippen molar-refractivity contribution < 1.29 is 18.0 Å². The molecule has 2 N–H and O–H groups in total. The third-order valence-corrected chi connectivity index (χ3v) is 5.64. The second-order valence-corrected chi connectivity index (χ2v) is 7.66. The molecule has 31 heavy (non-hydrogen) atoms. The number of carbonyl (C=O) groups is 1. The number of hydrogen-bond acceptors (Lipinski definition) is 3. The van der Waals surface area contributed by atoms with E-state index >= 15 is 0 Å². The van der Waals surface area contributed by atoms with Crippen LogP contribution in [0.1, 0.15) is 24.8 Å². The highest BCUT2D eigenvalue weighted by Gasteiger charge is 2.30. The Morgan fingerprint density at radius 3 is 2.58 bits per heavy atom. The largest absolute Gasteiger partial charge is 0.416 e. The van der Waals surface area contributed by atoms with Crippen molar-refractivity contribution >= 4 is 22.6 Å². The summed E-state index contributed by atoms with van der Waals surface area (Å²) in [6.07, 6.45) is 5.30. The Balaban J connectivity index is 1.41. The quantitative estimate of drug-likeness (QED) is 0.474. The van der Waals surface area contributed by atoms with Crippen molar-refractivity contribution in [1.29, 1.82) is 0 Å². The van der Waals surface area contributed by atoms with Gasteiger partial charge in [-0.2, -0.15) is 18.3 Å². The molecule has 0 bridgehead atoms. The summed E-state index contributed by atoms with van der Waals surface area (Å²) >= 11 is 0. The van der Waals surface area contributed by atoms with E-state index in [0.717, 1.165) is 47.9 Å². The average Bonchev–Trinajstić information content (AvgIpc) is 3.33. The molecule has 5 rings (SSSR count). The molecule has 0 radical (unpaired) electrons. The number of carbonyl (C=O) groups excluding carboxylic acids is 1. The molecule has 158 valence electrons. The van der Waals surface area contributed by atoms with E-state index in [1.807, 2.05) is 6.07 Å². The molecule has 3 aromatic heterocycles. The molecule has 9 heteroatoms. The third kappa shape index (κ3) is 3.67. The molecule has 0 unspecified atom stereocenters. The maximum absolute atomic E-state index is 12.8. The van der Waals surface area contributed by atoms with Gasteiger partial charge < -0.3 is 10.3 Å². The number of aromatic amines is 1. The number of hydrogen-bond donors (Lipinski definition) is 2. The van der Waals surface area contributed by atoms with Crippen LogP contribution in [0.4, 0.5) is 18.9 Å². The van der Waals surface area contributed by atoms with Crippen LogP contribution in [0.15, 0.2) is 55.1 Å². The Morgan fingerprint density at radius 1 is 1.13 bits per heavy atom. The first-order valence-electron chi connectivity index (χ1n) is 9.89. The number of benzene rings is 1. The van der Waals surface area contributed by atoms with Gasteiger partial charge in [0.15, 0.2) is 0 Å². The van der Waals surface area contributed by atoms with Gasteiger partial charge >= 0.3 is 6.18 Å². The molecule has 1 aliphatic rings. The summed E-state index contributed by atoms with van der Waals surface area (Å²) in [5, 5.41) is 8.02. The van der Waals surface area contributed by atoms with Gasteiger partial charge in [-0.3, -0.25) is 4.79 Å². The van der Waals surface area contributed by atoms with Gasteiger partial charge in [-0.1, -0.05) is 6.42 Å². The number of amides is 1. The smallest absolute Gasteiger partial charge is 0.344 e. The van der Waals surface area contributed by atoms with Crippen molar-refractivity contribution in [2.45, 2.75) is 25.4 Å². The van der Waals surface area contributed by atoms with Crippen molar-refractivity contribution in [2.24, 2.45) is 5.92 Å². The van der Waals surface area contributed by atoms with Gasteiger partial charge in [0.2, 0.25) is 5.91 Å². The van der Waals surface area contributed by atoms with Crippen LogP contribution in [0.3, 0.4) is 0 Å². The summed E-state index contributed by atoms with van der Waals surface area (Å²) < 4.78 is 39.8. The second kappa shape index (κ2) is 7.26. The fourth-order valence-electron chi connectivity index (χ4n) is 3.59. The third-order valence-electron chi connectivity index (χ3n) is 5.64. The number of fused-ring (bicyclic) bond motifs is 1. The van der Waals surface area contributed by atoms with Crippen LogP contribution >= 0.6 is 0 Å². The maximum Gasteiger partial charge on any atom is 0.416 e. The molecule has 1 fully saturated rings. The minimum Gasteiger partial charge on any atom is -0.344 e. The van der Waals surface area contributed by atoms with Gasteiger partial charge in [0.05, 0.1) is 23.1 Å². The molecule has 6 nitrogen and oxygen atoms in total. The Bertz CT molecular complexity index is 1250. The zero-order valence-electron chi connectivity index (χ0n) is 16.3. The molecule has 0 spiro atoms. The molecule has 4 aromatic rings. The van der Waals surface area contributed by atoms with E-state index in [1.165, 1.54) is 16.8 Å². The molecule has 0 saturated heterocycles. The summed E-state index contributed by atoms with van der Waals surface area (Å²) in [6, 6.07) is 6.72. The monoisotopic (exact) mass is 425 g/mol. The molecule has 1 aliphatic carbocycles. The summed E-state index contributed by atoms with van der Waals surface area (Å²) in [5.41, 5.74) is 2.68. The minimum absolute atomic E-state index is 0.0210. The summed E-state index contributed by atoms with van der Waals surface area (Å²) in [5.74, 6) is 0.0933. The first-order valence-corrected chi connectivity index (χ1v) is 9.89. The van der Waals surface area contributed by atoms with Crippen LogP contribution in [0.5, 0.6) is 0 Å². The lowest BCUT2D eigenvalue weighted by atomic mass is 9.85. The second-order valence-electron chi connectivity index (χ2n) is 7.66. The number of aromatic nitrogens is 4. The Kier molecular flexibility index (Phi) is 4.53. The molecule has 0 atom stereocenters. The number of nitrogens with one attached hydrogen (secondary N) is 2. The number of alkyl halides is 3. The highest BCUT2D eigenvalue weighted by Crippen LogP contribution is 2.32. The average molecular weight is 425 g/mol. The van der Waals surface area contributed by atoms with E-state index in [2.05, 4.69) is 20.4 Å². The van der Waals surface area contributed by atoms with E-state index in [-0.39, 0.29) is 11.8 Å². The molecule has 0 aliphatic heterocycles. The summed E-state index contributed by atoms with van der Waals surface area (Å²) in [6.45, 7) is 0. The van der Waals surface area contributed by atoms with Crippen molar-refractivity contribution in [3.63, 3.8) is 0 Å². The van der Waals surface area contributed by atoms with Crippen LogP contribution < -0.4 is 5.32 Å². The van der Waals surface area contributed by atoms with Crippen LogP contribution in [0, 0.1) is 5.92 Å². The topological polar surface area (TPSA) is 75.6 Å². The van der Waals surface area contributed by atoms with Crippen LogP contribution in [0.2, 0.25) is 0 Å². The minimum atomic E-state index is -4.38. The van der Waals surface area contributed by atoms with E-state index < -0.39 is 11.7 Å². The number of H-pyrrole nitrogens is 1. The zero-order valence-corrected chi connectivity index (χ0v) is 16.3. The first kappa shape index (κ1) is 19.3. The van der Waals surface area contributed by atoms with Crippen molar-refractivity contribution in [1.82, 2.24) is 19.7 Å². The summed E-state index contributed by atoms with van der Waals surface area (Å²) in [7, 11) is 0. The number of halogens is 3. The summed E-state index contributed by atoms with van der Waals surface area (Å²) in [4.78, 5) is 19.8. The highest BCUT2D eigenvalue weighted by atomic mass is 19.4. The zero-order chi connectivity index (χ0) is 21.6. The number of nitrogens with zero attached hydrogens (tertiary/aromatic N) is 3. The van der Waals surface area contributed by atoms with Crippen molar-refractivity contribution in [3.05, 3.63) is 60.7 Å². The van der Waals surface area contributed by atoms with Gasteiger partial charge in [0, 0.05) is 41.0 Å². The predicted molar refractivity (Wildman–Crippen MR) is 110 cm³/mol. The lowest BCUT2D eigenvalue weighted by Crippen LogP contribution is -2.27. The van der Waals surface area contributed by atoms with Crippen molar-refractivity contribution in [2.75, 3.05) is 5.32 Å². The lowest BCUT2D eigenvalue weighted by Gasteiger charge is -2.23. The fraction of sp³-hybridized carbons (Fsp3) is 0.227. The standard InChI is InChI=1S/C22H18F3N5O/c23-22(24,25)16-4-6-17(7-5-16)30-12-15(10-28-30)14-8-18-19(11-27-20(18)26-9-14)29-21(31)13-2-1-3-13/h4-13H,1-3H2,(H,26,27)(H,29,31). The lowest BCUT2D eigenvalue weighted by molar-refractivity contribution is -0.137. The first-order chi connectivity index (χ1) is 14.9. The van der Waals surface area contributed by atoms with Crippen molar-refractivity contribution in [3.8, 4) is 16.8 Å². The number of anilines is 1. The van der Waals surface area contributed by atoms with E-state index in [1.54, 1.807) is 24.8 Å². The van der Waals surface area contributed by atoms with Gasteiger partial charge in [-0.25, -0.2) is 9.67 Å². The highest BCUT2D eigenvalue weighted by molar-refractivity contribution is 6.02. The number of rotatable bonds is 4. The van der Waals surface area contributed by atoms with Gasteiger partial charge in [-0.05, 0) is 43.2 Å². The Labute approximate surface area is 175 Å². The van der Waals surface area contributed by atoms with E-state index in [0.29, 0.717) is 17.0 Å². The van der Waals surface area contributed by atoms with Gasteiger partial charge in [0.25, 0.3) is 0 Å². The van der Waals surface area contributed by atoms with Crippen LogP contribution in [0.25, 0.3) is 27.8 Å². The van der Waals surface area contributed by atoms with Gasteiger partial charge in [0.1, 0.15) is 5.65 Å². The van der Waals surface area contributed by atoms with Crippen LogP contribution in [-0.4, -0.2) is 25.7 Å². The normalized spacial score (nSPS) is 14.5.